The SMILES string of the molecule is NC[C@H]1SC[C@H](Nc2cncc(C(F)(F)F)n2)[C@@H](O)[C@H]1O. The smallest absolute Gasteiger partial charge is 0.389 e. The molecule has 2 rings (SSSR count). The predicted molar refractivity (Wildman–Crippen MR) is 71.8 cm³/mol. The molecule has 1 aromatic heterocycles. The Morgan fingerprint density at radius 3 is 2.67 bits per heavy atom. The maximum Gasteiger partial charge on any atom is 0.434 e. The van der Waals surface area contributed by atoms with E-state index in [1.54, 1.807) is 0 Å². The molecular weight excluding hydrogens is 309 g/mol. The average Bonchev–Trinajstić information content (AvgIpc) is 2.44. The molecule has 1 saturated heterocycles. The van der Waals surface area contributed by atoms with E-state index in [9.17, 15) is 23.4 Å². The largest absolute Gasteiger partial charge is 0.434 e. The summed E-state index contributed by atoms with van der Waals surface area (Å²) >= 11 is 1.34. The fraction of sp³-hybridized carbons (Fsp3) is 0.636. The van der Waals surface area contributed by atoms with Crippen LogP contribution in [0.5, 0.6) is 0 Å². The number of nitrogens with zero attached hydrogens (tertiary/aromatic N) is 2. The highest BCUT2D eigenvalue weighted by molar-refractivity contribution is 8.00. The lowest BCUT2D eigenvalue weighted by molar-refractivity contribution is -0.141. The fourth-order valence-corrected chi connectivity index (χ4v) is 3.21. The summed E-state index contributed by atoms with van der Waals surface area (Å²) in [5.41, 5.74) is 4.34. The van der Waals surface area contributed by atoms with Crippen LogP contribution >= 0.6 is 11.8 Å². The van der Waals surface area contributed by atoms with Gasteiger partial charge in [-0.05, 0) is 0 Å². The molecule has 5 N–H and O–H groups in total. The Hall–Kier alpha value is -1.10. The van der Waals surface area contributed by atoms with Crippen molar-refractivity contribution < 1.29 is 23.4 Å². The van der Waals surface area contributed by atoms with Crippen molar-refractivity contribution in [2.24, 2.45) is 5.73 Å². The van der Waals surface area contributed by atoms with Gasteiger partial charge in [0.1, 0.15) is 11.9 Å². The van der Waals surface area contributed by atoms with Crippen LogP contribution in [0, 0.1) is 0 Å². The molecule has 0 aliphatic carbocycles. The molecule has 118 valence electrons. The van der Waals surface area contributed by atoms with Gasteiger partial charge in [-0.15, -0.1) is 0 Å². The lowest BCUT2D eigenvalue weighted by Gasteiger charge is -2.37. The number of nitrogens with one attached hydrogen (secondary N) is 1. The molecule has 0 amide bonds. The quantitative estimate of drug-likeness (QED) is 0.624. The maximum atomic E-state index is 12.5. The van der Waals surface area contributed by atoms with Crippen molar-refractivity contribution in [2.75, 3.05) is 17.6 Å². The Bertz CT molecular complexity index is 491. The number of rotatable bonds is 3. The minimum atomic E-state index is -4.59. The molecule has 0 saturated carbocycles. The second-order valence-electron chi connectivity index (χ2n) is 4.63. The van der Waals surface area contributed by atoms with Crippen LogP contribution in [0.25, 0.3) is 0 Å². The minimum Gasteiger partial charge on any atom is -0.389 e. The molecule has 4 atom stereocenters. The predicted octanol–water partition coefficient (Wildman–Crippen LogP) is 0.0718. The number of aliphatic hydroxyl groups excluding tert-OH is 2. The van der Waals surface area contributed by atoms with Crippen molar-refractivity contribution >= 4 is 17.6 Å². The number of alkyl halides is 3. The Balaban J connectivity index is 2.08. The van der Waals surface area contributed by atoms with Crippen LogP contribution in [-0.2, 0) is 6.18 Å². The number of aromatic nitrogens is 2. The molecule has 1 fully saturated rings. The Labute approximate surface area is 123 Å². The zero-order valence-corrected chi connectivity index (χ0v) is 11.6. The van der Waals surface area contributed by atoms with E-state index in [-0.39, 0.29) is 17.6 Å². The van der Waals surface area contributed by atoms with Crippen molar-refractivity contribution in [3.63, 3.8) is 0 Å². The third-order valence-corrected chi connectivity index (χ3v) is 4.57. The molecule has 0 unspecified atom stereocenters. The minimum absolute atomic E-state index is 0.104. The van der Waals surface area contributed by atoms with Crippen molar-refractivity contribution in [1.82, 2.24) is 9.97 Å². The maximum absolute atomic E-state index is 12.5. The summed E-state index contributed by atoms with van der Waals surface area (Å²) in [6, 6.07) is -0.634. The van der Waals surface area contributed by atoms with Crippen LogP contribution < -0.4 is 11.1 Å². The summed E-state index contributed by atoms with van der Waals surface area (Å²) in [6.07, 6.45) is -5.03. The number of nitrogens with two attached hydrogens (primary N) is 1. The van der Waals surface area contributed by atoms with Gasteiger partial charge in [-0.2, -0.15) is 24.9 Å². The van der Waals surface area contributed by atoms with Gasteiger partial charge in [-0.3, -0.25) is 4.98 Å². The topological polar surface area (TPSA) is 104 Å². The average molecular weight is 324 g/mol. The molecule has 0 radical (unpaired) electrons. The third kappa shape index (κ3) is 3.76. The summed E-state index contributed by atoms with van der Waals surface area (Å²) in [4.78, 5) is 6.89. The first-order valence-electron chi connectivity index (χ1n) is 6.16. The van der Waals surface area contributed by atoms with Gasteiger partial charge >= 0.3 is 6.18 Å². The molecule has 10 heteroatoms. The van der Waals surface area contributed by atoms with E-state index in [0.717, 1.165) is 6.20 Å². The van der Waals surface area contributed by atoms with E-state index in [2.05, 4.69) is 15.3 Å². The summed E-state index contributed by atoms with van der Waals surface area (Å²) < 4.78 is 37.6. The second-order valence-corrected chi connectivity index (χ2v) is 5.90. The lowest BCUT2D eigenvalue weighted by atomic mass is 10.0. The van der Waals surface area contributed by atoms with Crippen LogP contribution in [0.3, 0.4) is 0 Å². The van der Waals surface area contributed by atoms with E-state index in [1.807, 2.05) is 0 Å². The first-order valence-corrected chi connectivity index (χ1v) is 7.21. The van der Waals surface area contributed by atoms with Crippen molar-refractivity contribution in [2.45, 2.75) is 29.7 Å². The molecule has 0 bridgehead atoms. The van der Waals surface area contributed by atoms with Gasteiger partial charge in [0.15, 0.2) is 5.69 Å². The molecule has 1 aliphatic rings. The zero-order valence-electron chi connectivity index (χ0n) is 10.8. The van der Waals surface area contributed by atoms with Crippen LogP contribution in [0.4, 0.5) is 19.0 Å². The number of anilines is 1. The first-order chi connectivity index (χ1) is 9.82. The highest BCUT2D eigenvalue weighted by Crippen LogP contribution is 2.29. The van der Waals surface area contributed by atoms with Gasteiger partial charge in [0, 0.05) is 17.5 Å². The molecule has 0 spiro atoms. The van der Waals surface area contributed by atoms with Crippen molar-refractivity contribution in [3.8, 4) is 0 Å². The van der Waals surface area contributed by atoms with E-state index >= 15 is 0 Å². The molecule has 1 aromatic rings. The molecule has 6 nitrogen and oxygen atoms in total. The Morgan fingerprint density at radius 1 is 1.33 bits per heavy atom. The van der Waals surface area contributed by atoms with Gasteiger partial charge in [0.05, 0.1) is 24.5 Å². The normalized spacial score (nSPS) is 30.2. The summed E-state index contributed by atoms with van der Waals surface area (Å²) in [6.45, 7) is 0.207. The Kier molecular flexibility index (Phi) is 4.91. The number of hydrogen-bond acceptors (Lipinski definition) is 7. The molecular formula is C11H15F3N4O2S. The third-order valence-electron chi connectivity index (χ3n) is 3.12. The lowest BCUT2D eigenvalue weighted by Crippen LogP contribution is -2.54. The number of hydrogen-bond donors (Lipinski definition) is 4. The standard InChI is InChI=1S/C11H15F3N4O2S/c12-11(13,14)7-2-16-3-8(18-7)17-5-4-21-6(1-15)10(20)9(5)19/h2-3,5-6,9-10,19-20H,1,4,15H2,(H,17,18)/t5-,6+,9+,10-/m0/s1. The second kappa shape index (κ2) is 6.34. The van der Waals surface area contributed by atoms with E-state index in [0.29, 0.717) is 11.9 Å². The van der Waals surface area contributed by atoms with Crippen LogP contribution in [0.2, 0.25) is 0 Å². The Morgan fingerprint density at radius 2 is 2.05 bits per heavy atom. The fourth-order valence-electron chi connectivity index (χ4n) is 1.98. The summed E-state index contributed by atoms with van der Waals surface area (Å²) in [5, 5.41) is 22.2. The van der Waals surface area contributed by atoms with E-state index < -0.39 is 30.1 Å². The molecule has 0 aromatic carbocycles. The van der Waals surface area contributed by atoms with Gasteiger partial charge in [0.2, 0.25) is 0 Å². The van der Waals surface area contributed by atoms with Crippen LogP contribution in [0.1, 0.15) is 5.69 Å². The molecule has 21 heavy (non-hydrogen) atoms. The number of halogens is 3. The summed E-state index contributed by atoms with van der Waals surface area (Å²) in [5.74, 6) is 0.283. The van der Waals surface area contributed by atoms with Gasteiger partial charge in [-0.1, -0.05) is 0 Å². The highest BCUT2D eigenvalue weighted by atomic mass is 32.2. The monoisotopic (exact) mass is 324 g/mol. The number of aliphatic hydroxyl groups is 2. The molecule has 2 heterocycles. The van der Waals surface area contributed by atoms with Gasteiger partial charge in [0.25, 0.3) is 0 Å². The van der Waals surface area contributed by atoms with Crippen LogP contribution in [0.15, 0.2) is 12.4 Å². The van der Waals surface area contributed by atoms with Crippen LogP contribution in [-0.4, -0.2) is 56.0 Å². The van der Waals surface area contributed by atoms with E-state index in [1.165, 1.54) is 11.8 Å². The van der Waals surface area contributed by atoms with Gasteiger partial charge < -0.3 is 21.3 Å². The van der Waals surface area contributed by atoms with Gasteiger partial charge in [-0.25, -0.2) is 4.98 Å². The number of thioether (sulfide) groups is 1. The highest BCUT2D eigenvalue weighted by Gasteiger charge is 2.38. The van der Waals surface area contributed by atoms with Crippen molar-refractivity contribution in [1.29, 1.82) is 0 Å². The van der Waals surface area contributed by atoms with Crippen molar-refractivity contribution in [3.05, 3.63) is 18.1 Å². The van der Waals surface area contributed by atoms with E-state index in [4.69, 9.17) is 5.73 Å². The first kappa shape index (κ1) is 16.3. The molecule has 1 aliphatic heterocycles. The summed E-state index contributed by atoms with van der Waals surface area (Å²) in [7, 11) is 0. The zero-order chi connectivity index (χ0) is 15.6.